The van der Waals surface area contributed by atoms with E-state index in [1.807, 2.05) is 48.9 Å². The van der Waals surface area contributed by atoms with E-state index in [2.05, 4.69) is 20.8 Å². The van der Waals surface area contributed by atoms with Gasteiger partial charge in [0, 0.05) is 13.1 Å². The lowest BCUT2D eigenvalue weighted by atomic mass is 10.2. The Morgan fingerprint density at radius 1 is 1.00 bits per heavy atom. The van der Waals surface area contributed by atoms with Crippen molar-refractivity contribution in [3.8, 4) is 0 Å². The lowest BCUT2D eigenvalue weighted by Gasteiger charge is -2.06. The third-order valence-corrected chi connectivity index (χ3v) is 4.89. The molecular weight excluding hydrogens is 396 g/mol. The molecule has 3 heterocycles. The summed E-state index contributed by atoms with van der Waals surface area (Å²) in [5.41, 5.74) is 3.49. The van der Waals surface area contributed by atoms with Crippen molar-refractivity contribution in [3.05, 3.63) is 83.2 Å². The molecule has 0 radical (unpaired) electrons. The van der Waals surface area contributed by atoms with Gasteiger partial charge in [-0.3, -0.25) is 19.0 Å². The summed E-state index contributed by atoms with van der Waals surface area (Å²) in [5, 5.41) is 14.3. The highest BCUT2D eigenvalue weighted by Gasteiger charge is 2.19. The molecule has 0 bridgehead atoms. The Bertz CT molecular complexity index is 1220. The van der Waals surface area contributed by atoms with Gasteiger partial charge < -0.3 is 15.1 Å². The summed E-state index contributed by atoms with van der Waals surface area (Å²) in [5.74, 6) is -0.266. The Labute approximate surface area is 178 Å². The van der Waals surface area contributed by atoms with E-state index in [9.17, 15) is 9.59 Å². The summed E-state index contributed by atoms with van der Waals surface area (Å²) >= 11 is 0. The van der Waals surface area contributed by atoms with Crippen LogP contribution < -0.4 is 10.6 Å². The first-order chi connectivity index (χ1) is 14.9. The van der Waals surface area contributed by atoms with E-state index in [0.29, 0.717) is 23.7 Å². The highest BCUT2D eigenvalue weighted by molar-refractivity contribution is 6.05. The largest absolute Gasteiger partial charge is 0.459 e. The van der Waals surface area contributed by atoms with Gasteiger partial charge in [0.15, 0.2) is 11.5 Å². The highest BCUT2D eigenvalue weighted by atomic mass is 16.3. The van der Waals surface area contributed by atoms with Gasteiger partial charge in [-0.05, 0) is 31.5 Å². The molecule has 0 fully saturated rings. The van der Waals surface area contributed by atoms with Crippen LogP contribution in [0.1, 0.15) is 38.0 Å². The third kappa shape index (κ3) is 4.25. The summed E-state index contributed by atoms with van der Waals surface area (Å²) < 4.78 is 8.36. The molecule has 4 rings (SSSR count). The van der Waals surface area contributed by atoms with Crippen LogP contribution in [0.15, 0.2) is 59.2 Å². The summed E-state index contributed by atoms with van der Waals surface area (Å²) in [6.07, 6.45) is 1.42. The minimum atomic E-state index is -0.422. The van der Waals surface area contributed by atoms with Crippen molar-refractivity contribution >= 4 is 23.3 Å². The number of nitrogens with zero attached hydrogens (tertiary/aromatic N) is 4. The topological polar surface area (TPSA) is 107 Å². The summed E-state index contributed by atoms with van der Waals surface area (Å²) in [7, 11) is 1.64. The second-order valence-electron chi connectivity index (χ2n) is 7.11. The number of hydrogen-bond donors (Lipinski definition) is 2. The van der Waals surface area contributed by atoms with Crippen LogP contribution in [0.3, 0.4) is 0 Å². The zero-order chi connectivity index (χ0) is 22.0. The smallest absolute Gasteiger partial charge is 0.292 e. The number of aryl methyl sites for hydroxylation is 2. The molecule has 158 valence electrons. The van der Waals surface area contributed by atoms with Gasteiger partial charge in [-0.25, -0.2) is 0 Å². The molecule has 0 saturated carbocycles. The highest BCUT2D eigenvalue weighted by Crippen LogP contribution is 2.22. The van der Waals surface area contributed by atoms with Gasteiger partial charge in [0.05, 0.1) is 29.9 Å². The zero-order valence-corrected chi connectivity index (χ0v) is 17.4. The van der Waals surface area contributed by atoms with Gasteiger partial charge in [-0.1, -0.05) is 30.3 Å². The van der Waals surface area contributed by atoms with E-state index in [1.165, 1.54) is 17.0 Å². The van der Waals surface area contributed by atoms with Crippen LogP contribution in [0, 0.1) is 13.8 Å². The number of anilines is 2. The molecule has 9 nitrogen and oxygen atoms in total. The van der Waals surface area contributed by atoms with E-state index in [4.69, 9.17) is 4.42 Å². The second kappa shape index (κ2) is 8.31. The van der Waals surface area contributed by atoms with Crippen LogP contribution in [0.25, 0.3) is 0 Å². The molecule has 0 spiro atoms. The van der Waals surface area contributed by atoms with Crippen molar-refractivity contribution in [2.45, 2.75) is 20.4 Å². The van der Waals surface area contributed by atoms with Crippen LogP contribution in [0.5, 0.6) is 0 Å². The summed E-state index contributed by atoms with van der Waals surface area (Å²) in [6, 6.07) is 14.7. The van der Waals surface area contributed by atoms with Gasteiger partial charge in [0.1, 0.15) is 5.82 Å². The number of rotatable bonds is 6. The van der Waals surface area contributed by atoms with Crippen molar-refractivity contribution < 1.29 is 14.0 Å². The van der Waals surface area contributed by atoms with Crippen molar-refractivity contribution in [2.24, 2.45) is 7.05 Å². The number of nitrogens with one attached hydrogen (secondary N) is 2. The first-order valence-electron chi connectivity index (χ1n) is 9.70. The summed E-state index contributed by atoms with van der Waals surface area (Å²) in [6.45, 7) is 4.36. The molecule has 0 atom stereocenters. The Balaban J connectivity index is 1.49. The van der Waals surface area contributed by atoms with Crippen molar-refractivity contribution in [1.82, 2.24) is 19.6 Å². The van der Waals surface area contributed by atoms with E-state index in [-0.39, 0.29) is 17.4 Å². The molecule has 0 aliphatic heterocycles. The van der Waals surface area contributed by atoms with Gasteiger partial charge in [0.2, 0.25) is 0 Å². The lowest BCUT2D eigenvalue weighted by Crippen LogP contribution is -2.14. The monoisotopic (exact) mass is 418 g/mol. The molecule has 0 unspecified atom stereocenters. The van der Waals surface area contributed by atoms with Crippen LogP contribution in [-0.4, -0.2) is 31.4 Å². The fraction of sp³-hybridized carbons (Fsp3) is 0.182. The van der Waals surface area contributed by atoms with Crippen LogP contribution in [0.2, 0.25) is 0 Å². The zero-order valence-electron chi connectivity index (χ0n) is 17.4. The number of furan rings is 1. The van der Waals surface area contributed by atoms with Crippen LogP contribution in [0.4, 0.5) is 11.5 Å². The van der Waals surface area contributed by atoms with E-state index in [1.54, 1.807) is 19.2 Å². The van der Waals surface area contributed by atoms with Crippen LogP contribution in [-0.2, 0) is 13.6 Å². The number of aromatic nitrogens is 4. The third-order valence-electron chi connectivity index (χ3n) is 4.89. The molecule has 2 amide bonds. The molecule has 3 aromatic heterocycles. The van der Waals surface area contributed by atoms with Crippen molar-refractivity contribution in [2.75, 3.05) is 10.6 Å². The van der Waals surface area contributed by atoms with Crippen LogP contribution >= 0.6 is 0 Å². The minimum Gasteiger partial charge on any atom is -0.459 e. The maximum atomic E-state index is 12.8. The molecule has 2 N–H and O–H groups in total. The molecular formula is C22H22N6O3. The van der Waals surface area contributed by atoms with E-state index >= 15 is 0 Å². The fourth-order valence-electron chi connectivity index (χ4n) is 3.25. The second-order valence-corrected chi connectivity index (χ2v) is 7.11. The van der Waals surface area contributed by atoms with Gasteiger partial charge in [0.25, 0.3) is 11.8 Å². The molecule has 31 heavy (non-hydrogen) atoms. The molecule has 0 aliphatic carbocycles. The summed E-state index contributed by atoms with van der Waals surface area (Å²) in [4.78, 5) is 25.0. The normalized spacial score (nSPS) is 10.8. The fourth-order valence-corrected chi connectivity index (χ4v) is 3.25. The van der Waals surface area contributed by atoms with Crippen molar-refractivity contribution in [3.63, 3.8) is 0 Å². The molecule has 4 aromatic rings. The predicted molar refractivity (Wildman–Crippen MR) is 115 cm³/mol. The minimum absolute atomic E-state index is 0.171. The number of carbonyl (C=O) groups is 2. The molecule has 0 saturated heterocycles. The maximum Gasteiger partial charge on any atom is 0.292 e. The first kappa shape index (κ1) is 20.1. The average Bonchev–Trinajstić information content (AvgIpc) is 3.47. The molecule has 1 aromatic carbocycles. The quantitative estimate of drug-likeness (QED) is 0.499. The molecule has 0 aliphatic rings. The average molecular weight is 418 g/mol. The maximum absolute atomic E-state index is 12.8. The Morgan fingerprint density at radius 3 is 2.48 bits per heavy atom. The van der Waals surface area contributed by atoms with Crippen molar-refractivity contribution in [1.29, 1.82) is 0 Å². The van der Waals surface area contributed by atoms with E-state index < -0.39 is 5.91 Å². The Kier molecular flexibility index (Phi) is 5.40. The standard InChI is InChI=1S/C22H22N6O3/c1-14-20(15(2)28(25-14)13-16-8-5-4-6-9-16)24-21(29)17-12-19(27(3)26-17)23-22(30)18-10-7-11-31-18/h4-12H,13H2,1-3H3,(H,23,30)(H,24,29). The number of carbonyl (C=O) groups excluding carboxylic acids is 2. The SMILES string of the molecule is Cc1nn(Cc2ccccc2)c(C)c1NC(=O)c1cc(NC(=O)c2ccco2)n(C)n1. The van der Waals surface area contributed by atoms with Gasteiger partial charge in [-0.2, -0.15) is 10.2 Å². The predicted octanol–water partition coefficient (Wildman–Crippen LogP) is 3.38. The van der Waals surface area contributed by atoms with E-state index in [0.717, 1.165) is 11.3 Å². The number of amides is 2. The van der Waals surface area contributed by atoms with Gasteiger partial charge >= 0.3 is 0 Å². The number of benzene rings is 1. The van der Waals surface area contributed by atoms with Gasteiger partial charge in [-0.15, -0.1) is 0 Å². The lowest BCUT2D eigenvalue weighted by molar-refractivity contribution is 0.0993. The first-order valence-corrected chi connectivity index (χ1v) is 9.70. The number of hydrogen-bond acceptors (Lipinski definition) is 5. The Hall–Kier alpha value is -4.14. The molecule has 9 heteroatoms. The Morgan fingerprint density at radius 2 is 1.77 bits per heavy atom.